The van der Waals surface area contributed by atoms with Gasteiger partial charge in [-0.3, -0.25) is 9.28 Å². The zero-order valence-electron chi connectivity index (χ0n) is 14.5. The maximum absolute atomic E-state index is 12.5. The van der Waals surface area contributed by atoms with Crippen LogP contribution in [-0.4, -0.2) is 37.7 Å². The van der Waals surface area contributed by atoms with Gasteiger partial charge in [-0.1, -0.05) is 6.07 Å². The summed E-state index contributed by atoms with van der Waals surface area (Å²) in [4.78, 5) is 17.2. The van der Waals surface area contributed by atoms with E-state index in [-0.39, 0.29) is 22.8 Å². The van der Waals surface area contributed by atoms with E-state index < -0.39 is 0 Å². The molecule has 0 fully saturated rings. The monoisotopic (exact) mass is 478 g/mol. The van der Waals surface area contributed by atoms with E-state index in [0.29, 0.717) is 24.7 Å². The van der Waals surface area contributed by atoms with Gasteiger partial charge in [-0.05, 0) is 56.1 Å². The van der Waals surface area contributed by atoms with Gasteiger partial charge in [0.25, 0.3) is 0 Å². The minimum atomic E-state index is -0.278. The Morgan fingerprint density at radius 1 is 1.12 bits per heavy atom. The molecule has 134 valence electrons. The van der Waals surface area contributed by atoms with Crippen LogP contribution in [0.4, 0.5) is 17.1 Å². The summed E-state index contributed by atoms with van der Waals surface area (Å²) in [6, 6.07) is 9.33. The van der Waals surface area contributed by atoms with Crippen LogP contribution in [0.5, 0.6) is 5.75 Å². The normalized spacial score (nSPS) is 15.8. The van der Waals surface area contributed by atoms with Crippen LogP contribution in [0.3, 0.4) is 0 Å². The van der Waals surface area contributed by atoms with Gasteiger partial charge in [0.2, 0.25) is 5.78 Å². The first-order valence-electron chi connectivity index (χ1n) is 7.83. The number of ketones is 1. The molecule has 0 bridgehead atoms. The summed E-state index contributed by atoms with van der Waals surface area (Å²) in [6.07, 6.45) is 1.61. The Morgan fingerprint density at radius 2 is 1.81 bits per heavy atom. The number of fused-ring (bicyclic) bond motifs is 1. The largest absolute Gasteiger partial charge is 0.506 e. The maximum atomic E-state index is 12.5. The lowest BCUT2D eigenvalue weighted by Crippen LogP contribution is -2.34. The lowest BCUT2D eigenvalue weighted by molar-refractivity contribution is 0.104. The van der Waals surface area contributed by atoms with E-state index in [4.69, 9.17) is 5.73 Å². The first-order chi connectivity index (χ1) is 12.1. The number of nitrogens with two attached hydrogens (primary N) is 1. The van der Waals surface area contributed by atoms with Gasteiger partial charge in [-0.25, -0.2) is 4.99 Å². The fraction of sp³-hybridized carbons (Fsp3) is 0.158. The fourth-order valence-corrected chi connectivity index (χ4v) is 3.60. The standard InChI is InChI=1S/C19H17Br2N3O2/c1-24(2,3)11-6-4-5-10(7-11)23-15-9-13(21)18(25)16-14(22)8-12(20)19(26)17(15)16/h4-9H,1-3H3,(H2-,22,23,25,26)/p+1. The Labute approximate surface area is 168 Å². The molecule has 1 aliphatic carbocycles. The van der Waals surface area contributed by atoms with Crippen molar-refractivity contribution in [3.8, 4) is 5.75 Å². The topological polar surface area (TPSA) is 75.7 Å². The summed E-state index contributed by atoms with van der Waals surface area (Å²) in [7, 11) is 6.21. The van der Waals surface area contributed by atoms with Gasteiger partial charge in [-0.2, -0.15) is 0 Å². The number of nitrogens with zero attached hydrogens (tertiary/aromatic N) is 2. The number of nitrogen functional groups attached to an aromatic ring is 1. The second kappa shape index (κ2) is 6.64. The first-order valence-corrected chi connectivity index (χ1v) is 9.42. The predicted octanol–water partition coefficient (Wildman–Crippen LogP) is 4.53. The van der Waals surface area contributed by atoms with Gasteiger partial charge in [0, 0.05) is 11.8 Å². The van der Waals surface area contributed by atoms with Crippen LogP contribution in [0.2, 0.25) is 0 Å². The number of aromatic hydroxyl groups is 1. The Balaban J connectivity index is 2.24. The molecule has 0 atom stereocenters. The molecule has 2 aromatic carbocycles. The molecular formula is C19H18Br2N3O2+. The van der Waals surface area contributed by atoms with Crippen LogP contribution in [0.15, 0.2) is 50.4 Å². The second-order valence-corrected chi connectivity index (χ2v) is 8.61. The van der Waals surface area contributed by atoms with Crippen molar-refractivity contribution < 1.29 is 9.90 Å². The predicted molar refractivity (Wildman–Crippen MR) is 114 cm³/mol. The molecule has 1 aliphatic rings. The number of benzene rings is 2. The molecule has 3 rings (SSSR count). The number of carbonyl (C=O) groups excluding carboxylic acids is 1. The van der Waals surface area contributed by atoms with E-state index in [9.17, 15) is 9.90 Å². The molecule has 0 unspecified atom stereocenters. The highest BCUT2D eigenvalue weighted by molar-refractivity contribution is 9.12. The smallest absolute Gasteiger partial charge is 0.202 e. The second-order valence-electron chi connectivity index (χ2n) is 6.90. The average Bonchev–Trinajstić information content (AvgIpc) is 2.55. The van der Waals surface area contributed by atoms with Crippen LogP contribution in [0.1, 0.15) is 15.9 Å². The number of hydrogen-bond acceptors (Lipinski definition) is 4. The Kier molecular flexibility index (Phi) is 4.81. The van der Waals surface area contributed by atoms with E-state index in [1.807, 2.05) is 24.3 Å². The summed E-state index contributed by atoms with van der Waals surface area (Å²) in [5.74, 6) is -0.334. The molecule has 0 spiro atoms. The van der Waals surface area contributed by atoms with E-state index in [2.05, 4.69) is 58.0 Å². The molecule has 0 amide bonds. The minimum Gasteiger partial charge on any atom is -0.506 e. The van der Waals surface area contributed by atoms with E-state index in [1.54, 1.807) is 6.08 Å². The third kappa shape index (κ3) is 3.34. The first kappa shape index (κ1) is 18.8. The average molecular weight is 480 g/mol. The SMILES string of the molecule is C[N+](C)(C)c1cccc(N=C2C=C(Br)C(=O)c3c(N)cc(Br)c(O)c32)c1. The minimum absolute atomic E-state index is 0.0553. The Bertz CT molecular complexity index is 989. The Hall–Kier alpha value is -1.96. The van der Waals surface area contributed by atoms with Crippen molar-refractivity contribution in [1.29, 1.82) is 0 Å². The zero-order chi connectivity index (χ0) is 19.2. The number of Topliss-reactive ketones (excluding diaryl/α,β-unsaturated/α-hetero) is 1. The van der Waals surface area contributed by atoms with E-state index >= 15 is 0 Å². The molecule has 2 aromatic rings. The molecule has 3 N–H and O–H groups in total. The van der Waals surface area contributed by atoms with Gasteiger partial charge in [0.15, 0.2) is 0 Å². The molecule has 0 aromatic heterocycles. The third-order valence-corrected chi connectivity index (χ3v) is 5.29. The molecule has 0 aliphatic heterocycles. The molecule has 0 saturated heterocycles. The van der Waals surface area contributed by atoms with Crippen molar-refractivity contribution in [2.45, 2.75) is 0 Å². The molecule has 0 heterocycles. The molecule has 0 saturated carbocycles. The van der Waals surface area contributed by atoms with Crippen LogP contribution in [0, 0.1) is 0 Å². The lowest BCUT2D eigenvalue weighted by atomic mass is 9.91. The molecule has 7 heteroatoms. The fourth-order valence-electron chi connectivity index (χ4n) is 2.74. The number of allylic oxidation sites excluding steroid dienone is 2. The van der Waals surface area contributed by atoms with Crippen LogP contribution >= 0.6 is 31.9 Å². The van der Waals surface area contributed by atoms with Crippen molar-refractivity contribution in [2.75, 3.05) is 26.9 Å². The number of hydrogen-bond donors (Lipinski definition) is 2. The summed E-state index contributed by atoms with van der Waals surface area (Å²) >= 11 is 6.56. The van der Waals surface area contributed by atoms with Crippen molar-refractivity contribution in [1.82, 2.24) is 4.48 Å². The highest BCUT2D eigenvalue weighted by Gasteiger charge is 2.29. The number of phenolic OH excluding ortho intramolecular Hbond substituents is 1. The number of quaternary nitrogens is 1. The summed E-state index contributed by atoms with van der Waals surface area (Å²) < 4.78 is 1.41. The molecule has 26 heavy (non-hydrogen) atoms. The lowest BCUT2D eigenvalue weighted by Gasteiger charge is -2.23. The van der Waals surface area contributed by atoms with Gasteiger partial charge in [-0.15, -0.1) is 0 Å². The maximum Gasteiger partial charge on any atom is 0.202 e. The quantitative estimate of drug-likeness (QED) is 0.377. The number of aliphatic imine (C=N–C) groups is 1. The van der Waals surface area contributed by atoms with Crippen LogP contribution < -0.4 is 10.2 Å². The van der Waals surface area contributed by atoms with Gasteiger partial charge >= 0.3 is 0 Å². The van der Waals surface area contributed by atoms with Crippen molar-refractivity contribution in [3.63, 3.8) is 0 Å². The highest BCUT2D eigenvalue weighted by Crippen LogP contribution is 2.40. The highest BCUT2D eigenvalue weighted by atomic mass is 79.9. The molecular weight excluding hydrogens is 462 g/mol. The Morgan fingerprint density at radius 3 is 2.46 bits per heavy atom. The van der Waals surface area contributed by atoms with E-state index in [0.717, 1.165) is 11.4 Å². The summed E-state index contributed by atoms with van der Waals surface area (Å²) in [6.45, 7) is 0. The van der Waals surface area contributed by atoms with Crippen molar-refractivity contribution >= 4 is 60.4 Å². The van der Waals surface area contributed by atoms with Crippen molar-refractivity contribution in [3.05, 3.63) is 56.5 Å². The van der Waals surface area contributed by atoms with Gasteiger partial charge < -0.3 is 10.8 Å². The molecule has 0 radical (unpaired) electrons. The number of carbonyl (C=O) groups is 1. The summed E-state index contributed by atoms with van der Waals surface area (Å²) in [5.41, 5.74) is 9.18. The third-order valence-electron chi connectivity index (χ3n) is 4.10. The van der Waals surface area contributed by atoms with Gasteiger partial charge in [0.05, 0.1) is 52.6 Å². The zero-order valence-corrected chi connectivity index (χ0v) is 17.7. The molecule has 5 nitrogen and oxygen atoms in total. The number of halogens is 2. The number of phenols is 1. The number of rotatable bonds is 2. The summed E-state index contributed by atoms with van der Waals surface area (Å²) in [5, 5.41) is 10.5. The van der Waals surface area contributed by atoms with Crippen LogP contribution in [0.25, 0.3) is 0 Å². The number of anilines is 1. The van der Waals surface area contributed by atoms with Crippen LogP contribution in [-0.2, 0) is 0 Å². The van der Waals surface area contributed by atoms with Gasteiger partial charge in [0.1, 0.15) is 11.4 Å². The van der Waals surface area contributed by atoms with Crippen molar-refractivity contribution in [2.24, 2.45) is 4.99 Å². The van der Waals surface area contributed by atoms with E-state index in [1.165, 1.54) is 6.07 Å².